The van der Waals surface area contributed by atoms with Gasteiger partial charge in [0.25, 0.3) is 0 Å². The number of aromatic nitrogens is 2. The lowest BCUT2D eigenvalue weighted by Crippen LogP contribution is -2.34. The van der Waals surface area contributed by atoms with Crippen molar-refractivity contribution in [3.8, 4) is 11.3 Å². The molecule has 0 amide bonds. The van der Waals surface area contributed by atoms with E-state index in [0.717, 1.165) is 11.1 Å². The molecule has 5 N–H and O–H groups in total. The van der Waals surface area contributed by atoms with E-state index in [1.54, 1.807) is 25.4 Å². The number of nitrogens with two attached hydrogens (primary N) is 2. The zero-order valence-corrected chi connectivity index (χ0v) is 18.1. The van der Waals surface area contributed by atoms with Crippen LogP contribution in [0, 0.1) is 6.92 Å². The van der Waals surface area contributed by atoms with Gasteiger partial charge in [-0.2, -0.15) is 5.10 Å². The van der Waals surface area contributed by atoms with Gasteiger partial charge in [0.05, 0.1) is 12.8 Å². The number of hydrogen-bond donors (Lipinski definition) is 3. The summed E-state index contributed by atoms with van der Waals surface area (Å²) in [6.45, 7) is 1.91. The van der Waals surface area contributed by atoms with Crippen LogP contribution in [0.2, 0.25) is 5.02 Å². The first-order valence-corrected chi connectivity index (χ1v) is 9.89. The molecule has 1 aromatic carbocycles. The van der Waals surface area contributed by atoms with Gasteiger partial charge < -0.3 is 15.9 Å². The molecule has 30 heavy (non-hydrogen) atoms. The Kier molecular flexibility index (Phi) is 6.50. The SMILES string of the molecule is COC(=O)c1cccnc1Nc1nc(-c2ccc(C)c(Cl)c2)c(/C(=N/N)N(C)N)s1. The first-order valence-electron chi connectivity index (χ1n) is 8.70. The molecule has 0 fully saturated rings. The Morgan fingerprint density at radius 2 is 2.13 bits per heavy atom. The van der Waals surface area contributed by atoms with Crippen LogP contribution in [-0.2, 0) is 4.74 Å². The standard InChI is InChI=1S/C19H20ClN7O2S/c1-10-6-7-11(9-13(10)20)14-15(17(26-21)27(2)22)30-19(24-14)25-16-12(18(28)29-3)5-4-8-23-16/h4-9H,21-22H2,1-3H3,(H,23,24,25)/b26-17-. The minimum absolute atomic E-state index is 0.278. The van der Waals surface area contributed by atoms with E-state index in [0.29, 0.717) is 32.4 Å². The molecule has 2 aromatic heterocycles. The number of benzene rings is 1. The molecule has 9 nitrogen and oxygen atoms in total. The number of hydrazone groups is 1. The molecule has 0 aliphatic carbocycles. The highest BCUT2D eigenvalue weighted by Gasteiger charge is 2.22. The zero-order valence-electron chi connectivity index (χ0n) is 16.5. The molecule has 0 atom stereocenters. The van der Waals surface area contributed by atoms with Gasteiger partial charge in [-0.15, -0.1) is 0 Å². The molecule has 3 aromatic rings. The quantitative estimate of drug-likeness (QED) is 0.179. The Hall–Kier alpha value is -3.21. The summed E-state index contributed by atoms with van der Waals surface area (Å²) in [6.07, 6.45) is 1.56. The van der Waals surface area contributed by atoms with Gasteiger partial charge in [0.2, 0.25) is 0 Å². The number of hydrazine groups is 1. The topological polar surface area (TPSA) is 132 Å². The molecule has 0 spiro atoms. The van der Waals surface area contributed by atoms with Crippen LogP contribution in [0.1, 0.15) is 20.8 Å². The maximum atomic E-state index is 12.0. The normalized spacial score (nSPS) is 11.3. The predicted molar refractivity (Wildman–Crippen MR) is 119 cm³/mol. The number of carbonyl (C=O) groups excluding carboxylic acids is 1. The summed E-state index contributed by atoms with van der Waals surface area (Å²) in [5.41, 5.74) is 2.57. The maximum Gasteiger partial charge on any atom is 0.341 e. The summed E-state index contributed by atoms with van der Waals surface area (Å²) in [4.78, 5) is 21.6. The average Bonchev–Trinajstić information content (AvgIpc) is 3.13. The molecule has 0 bridgehead atoms. The smallest absolute Gasteiger partial charge is 0.341 e. The Balaban J connectivity index is 2.11. The summed E-state index contributed by atoms with van der Waals surface area (Å²) < 4.78 is 4.81. The van der Waals surface area contributed by atoms with Crippen LogP contribution in [0.15, 0.2) is 41.6 Å². The number of hydrogen-bond acceptors (Lipinski definition) is 9. The van der Waals surface area contributed by atoms with Crippen molar-refractivity contribution in [3.05, 3.63) is 57.6 Å². The number of methoxy groups -OCH3 is 1. The highest BCUT2D eigenvalue weighted by atomic mass is 35.5. The van der Waals surface area contributed by atoms with Gasteiger partial charge >= 0.3 is 5.97 Å². The fourth-order valence-corrected chi connectivity index (χ4v) is 3.86. The first-order chi connectivity index (χ1) is 14.3. The molecule has 0 aliphatic rings. The fraction of sp³-hybridized carbons (Fsp3) is 0.158. The van der Waals surface area contributed by atoms with Gasteiger partial charge in [-0.1, -0.05) is 35.1 Å². The number of amidine groups is 1. The Morgan fingerprint density at radius 1 is 1.37 bits per heavy atom. The minimum Gasteiger partial charge on any atom is -0.465 e. The number of esters is 1. The van der Waals surface area contributed by atoms with Crippen molar-refractivity contribution in [3.63, 3.8) is 0 Å². The number of rotatable bonds is 5. The third-order valence-electron chi connectivity index (χ3n) is 4.17. The molecule has 0 radical (unpaired) electrons. The van der Waals surface area contributed by atoms with Gasteiger partial charge in [0.15, 0.2) is 11.0 Å². The Morgan fingerprint density at radius 3 is 2.77 bits per heavy atom. The van der Waals surface area contributed by atoms with Crippen LogP contribution < -0.4 is 17.0 Å². The van der Waals surface area contributed by atoms with E-state index in [9.17, 15) is 4.79 Å². The lowest BCUT2D eigenvalue weighted by Gasteiger charge is -2.13. The zero-order chi connectivity index (χ0) is 21.8. The van der Waals surface area contributed by atoms with Gasteiger partial charge in [-0.3, -0.25) is 5.01 Å². The second-order valence-electron chi connectivity index (χ2n) is 6.24. The van der Waals surface area contributed by atoms with E-state index < -0.39 is 5.97 Å². The van der Waals surface area contributed by atoms with Crippen LogP contribution >= 0.6 is 22.9 Å². The Labute approximate surface area is 182 Å². The molecule has 3 rings (SSSR count). The van der Waals surface area contributed by atoms with Crippen LogP contribution in [0.3, 0.4) is 0 Å². The monoisotopic (exact) mass is 445 g/mol. The molecule has 2 heterocycles. The number of ether oxygens (including phenoxy) is 1. The molecule has 156 valence electrons. The number of thiazole rings is 1. The molecule has 0 saturated heterocycles. The summed E-state index contributed by atoms with van der Waals surface area (Å²) in [7, 11) is 2.93. The van der Waals surface area contributed by atoms with Crippen molar-refractivity contribution in [1.29, 1.82) is 0 Å². The highest BCUT2D eigenvalue weighted by Crippen LogP contribution is 2.35. The van der Waals surface area contributed by atoms with Crippen LogP contribution in [0.4, 0.5) is 10.9 Å². The molecular formula is C19H20ClN7O2S. The van der Waals surface area contributed by atoms with E-state index in [-0.39, 0.29) is 5.56 Å². The molecule has 0 saturated carbocycles. The van der Waals surface area contributed by atoms with Gasteiger partial charge in [0.1, 0.15) is 16.3 Å². The number of aryl methyl sites for hydroxylation is 1. The van der Waals surface area contributed by atoms with Crippen molar-refractivity contribution in [2.45, 2.75) is 6.92 Å². The third-order valence-corrected chi connectivity index (χ3v) is 5.54. The van der Waals surface area contributed by atoms with Crippen molar-refractivity contribution in [1.82, 2.24) is 15.0 Å². The maximum absolute atomic E-state index is 12.0. The van der Waals surface area contributed by atoms with Gasteiger partial charge in [-0.25, -0.2) is 20.6 Å². The predicted octanol–water partition coefficient (Wildman–Crippen LogP) is 3.12. The van der Waals surface area contributed by atoms with E-state index in [1.165, 1.54) is 23.5 Å². The number of nitrogens with one attached hydrogen (secondary N) is 1. The Bertz CT molecular complexity index is 1110. The summed E-state index contributed by atoms with van der Waals surface area (Å²) >= 11 is 7.57. The van der Waals surface area contributed by atoms with E-state index in [1.807, 2.05) is 25.1 Å². The fourth-order valence-electron chi connectivity index (χ4n) is 2.65. The van der Waals surface area contributed by atoms with Crippen LogP contribution in [-0.4, -0.2) is 40.9 Å². The molecule has 11 heteroatoms. The third kappa shape index (κ3) is 4.35. The lowest BCUT2D eigenvalue weighted by atomic mass is 10.1. The molecule has 0 aliphatic heterocycles. The first kappa shape index (κ1) is 21.5. The van der Waals surface area contributed by atoms with E-state index >= 15 is 0 Å². The highest BCUT2D eigenvalue weighted by molar-refractivity contribution is 7.18. The number of pyridine rings is 1. The van der Waals surface area contributed by atoms with Crippen LogP contribution in [0.25, 0.3) is 11.3 Å². The number of halogens is 1. The second kappa shape index (κ2) is 9.08. The number of anilines is 2. The van der Waals surface area contributed by atoms with E-state index in [4.69, 9.17) is 28.0 Å². The van der Waals surface area contributed by atoms with E-state index in [2.05, 4.69) is 20.4 Å². The lowest BCUT2D eigenvalue weighted by molar-refractivity contribution is 0.0601. The van der Waals surface area contributed by atoms with Crippen molar-refractivity contribution < 1.29 is 9.53 Å². The largest absolute Gasteiger partial charge is 0.465 e. The summed E-state index contributed by atoms with van der Waals surface area (Å²) in [5.74, 6) is 11.6. The van der Waals surface area contributed by atoms with Gasteiger partial charge in [0, 0.05) is 23.8 Å². The summed E-state index contributed by atoms with van der Waals surface area (Å²) in [5, 5.41) is 9.24. The second-order valence-corrected chi connectivity index (χ2v) is 7.65. The molecular weight excluding hydrogens is 426 g/mol. The van der Waals surface area contributed by atoms with Crippen molar-refractivity contribution in [2.24, 2.45) is 16.8 Å². The molecule has 0 unspecified atom stereocenters. The average molecular weight is 446 g/mol. The van der Waals surface area contributed by atoms with Crippen molar-refractivity contribution in [2.75, 3.05) is 19.5 Å². The summed E-state index contributed by atoms with van der Waals surface area (Å²) in [6, 6.07) is 8.86. The van der Waals surface area contributed by atoms with Crippen molar-refractivity contribution >= 4 is 45.7 Å². The van der Waals surface area contributed by atoms with Crippen LogP contribution in [0.5, 0.6) is 0 Å². The van der Waals surface area contributed by atoms with Gasteiger partial charge in [-0.05, 0) is 30.7 Å². The number of carbonyl (C=O) groups is 1. The minimum atomic E-state index is -0.515. The number of nitrogens with zero attached hydrogens (tertiary/aromatic N) is 4.